The van der Waals surface area contributed by atoms with Crippen molar-refractivity contribution in [3.8, 4) is 0 Å². The normalized spacial score (nSPS) is 20.0. The molecule has 1 aliphatic heterocycles. The zero-order valence-electron chi connectivity index (χ0n) is 8.23. The van der Waals surface area contributed by atoms with E-state index in [9.17, 15) is 9.59 Å². The van der Waals surface area contributed by atoms with Crippen LogP contribution in [0.4, 0.5) is 0 Å². The predicted molar refractivity (Wildman–Crippen MR) is 54.9 cm³/mol. The number of amides is 2. The summed E-state index contributed by atoms with van der Waals surface area (Å²) in [7, 11) is 0. The van der Waals surface area contributed by atoms with Gasteiger partial charge in [0.05, 0.1) is 11.5 Å². The Morgan fingerprint density at radius 1 is 1.43 bits per heavy atom. The van der Waals surface area contributed by atoms with Crippen LogP contribution in [0.3, 0.4) is 0 Å². The summed E-state index contributed by atoms with van der Waals surface area (Å²) < 4.78 is 0. The van der Waals surface area contributed by atoms with Crippen LogP contribution in [0.1, 0.15) is 13.3 Å². The molecule has 14 heavy (non-hydrogen) atoms. The SMILES string of the molecule is CC(CCO)CN1C(=O)CSCC1=O. The molecule has 0 radical (unpaired) electrons. The third kappa shape index (κ3) is 2.99. The molecule has 0 aliphatic carbocycles. The Hall–Kier alpha value is -0.550. The Balaban J connectivity index is 2.47. The Morgan fingerprint density at radius 2 is 2.00 bits per heavy atom. The van der Waals surface area contributed by atoms with Crippen molar-refractivity contribution in [3.05, 3.63) is 0 Å². The summed E-state index contributed by atoms with van der Waals surface area (Å²) >= 11 is 1.37. The summed E-state index contributed by atoms with van der Waals surface area (Å²) in [5, 5.41) is 8.71. The Bertz CT molecular complexity index is 216. The maximum Gasteiger partial charge on any atom is 0.239 e. The van der Waals surface area contributed by atoms with Gasteiger partial charge in [-0.3, -0.25) is 14.5 Å². The molecule has 2 amide bonds. The van der Waals surface area contributed by atoms with Gasteiger partial charge in [0.2, 0.25) is 11.8 Å². The highest BCUT2D eigenvalue weighted by Crippen LogP contribution is 2.14. The van der Waals surface area contributed by atoms with Crippen molar-refractivity contribution in [2.45, 2.75) is 13.3 Å². The first-order chi connectivity index (χ1) is 6.65. The lowest BCUT2D eigenvalue weighted by Crippen LogP contribution is -2.45. The summed E-state index contributed by atoms with van der Waals surface area (Å²) in [6.07, 6.45) is 0.629. The van der Waals surface area contributed by atoms with Crippen molar-refractivity contribution in [3.63, 3.8) is 0 Å². The third-order valence-electron chi connectivity index (χ3n) is 2.17. The average Bonchev–Trinajstić information content (AvgIpc) is 2.12. The minimum atomic E-state index is -0.101. The lowest BCUT2D eigenvalue weighted by Gasteiger charge is -2.26. The molecule has 1 fully saturated rings. The topological polar surface area (TPSA) is 57.6 Å². The monoisotopic (exact) mass is 217 g/mol. The van der Waals surface area contributed by atoms with Crippen LogP contribution in [-0.4, -0.2) is 46.5 Å². The summed E-state index contributed by atoms with van der Waals surface area (Å²) in [6, 6.07) is 0. The number of thioether (sulfide) groups is 1. The molecule has 1 saturated heterocycles. The molecule has 1 unspecified atom stereocenters. The average molecular weight is 217 g/mol. The van der Waals surface area contributed by atoms with Crippen LogP contribution >= 0.6 is 11.8 Å². The summed E-state index contributed by atoms with van der Waals surface area (Å²) in [5.74, 6) is 0.776. The number of aliphatic hydroxyl groups excluding tert-OH is 1. The number of carbonyl (C=O) groups is 2. The second-order valence-corrected chi connectivity index (χ2v) is 4.49. The molecule has 0 aromatic rings. The molecule has 0 aromatic heterocycles. The highest BCUT2D eigenvalue weighted by Gasteiger charge is 2.27. The molecular weight excluding hydrogens is 202 g/mol. The first-order valence-electron chi connectivity index (χ1n) is 4.67. The van der Waals surface area contributed by atoms with Crippen molar-refractivity contribution >= 4 is 23.6 Å². The standard InChI is InChI=1S/C9H15NO3S/c1-7(2-3-11)4-10-8(12)5-14-6-9(10)13/h7,11H,2-6H2,1H3. The fraction of sp³-hybridized carbons (Fsp3) is 0.778. The zero-order valence-corrected chi connectivity index (χ0v) is 9.05. The van der Waals surface area contributed by atoms with Gasteiger partial charge in [-0.25, -0.2) is 0 Å². The lowest BCUT2D eigenvalue weighted by atomic mass is 10.1. The van der Waals surface area contributed by atoms with Gasteiger partial charge in [-0.1, -0.05) is 6.92 Å². The lowest BCUT2D eigenvalue weighted by molar-refractivity contribution is -0.142. The Labute approximate surface area is 87.7 Å². The highest BCUT2D eigenvalue weighted by molar-refractivity contribution is 8.00. The first kappa shape index (κ1) is 11.5. The van der Waals surface area contributed by atoms with Crippen LogP contribution in [0, 0.1) is 5.92 Å². The molecule has 5 heteroatoms. The molecule has 0 aromatic carbocycles. The van der Waals surface area contributed by atoms with Crippen molar-refractivity contribution in [2.24, 2.45) is 5.92 Å². The van der Waals surface area contributed by atoms with Gasteiger partial charge in [-0.2, -0.15) is 0 Å². The van der Waals surface area contributed by atoms with E-state index in [4.69, 9.17) is 5.11 Å². The summed E-state index contributed by atoms with van der Waals surface area (Å²) in [4.78, 5) is 24.0. The molecule has 1 heterocycles. The van der Waals surface area contributed by atoms with Gasteiger partial charge in [0.15, 0.2) is 0 Å². The van der Waals surface area contributed by atoms with Gasteiger partial charge >= 0.3 is 0 Å². The largest absolute Gasteiger partial charge is 0.396 e. The van der Waals surface area contributed by atoms with E-state index in [0.717, 1.165) is 0 Å². The number of hydrogen-bond acceptors (Lipinski definition) is 4. The van der Waals surface area contributed by atoms with Gasteiger partial charge in [0.1, 0.15) is 0 Å². The highest BCUT2D eigenvalue weighted by atomic mass is 32.2. The molecule has 80 valence electrons. The minimum absolute atomic E-state index is 0.101. The van der Waals surface area contributed by atoms with Gasteiger partial charge in [-0.15, -0.1) is 11.8 Å². The first-order valence-corrected chi connectivity index (χ1v) is 5.82. The number of carbonyl (C=O) groups excluding carboxylic acids is 2. The van der Waals surface area contributed by atoms with Crippen LogP contribution in [0.5, 0.6) is 0 Å². The summed E-state index contributed by atoms with van der Waals surface area (Å²) in [5.41, 5.74) is 0. The molecule has 4 nitrogen and oxygen atoms in total. The van der Waals surface area contributed by atoms with Crippen molar-refractivity contribution in [1.82, 2.24) is 4.90 Å². The van der Waals surface area contributed by atoms with Crippen LogP contribution in [0.2, 0.25) is 0 Å². The van der Waals surface area contributed by atoms with Gasteiger partial charge in [0.25, 0.3) is 0 Å². The molecule has 1 N–H and O–H groups in total. The van der Waals surface area contributed by atoms with E-state index < -0.39 is 0 Å². The van der Waals surface area contributed by atoms with E-state index in [1.54, 1.807) is 0 Å². The fourth-order valence-electron chi connectivity index (χ4n) is 1.35. The van der Waals surface area contributed by atoms with E-state index in [2.05, 4.69) is 0 Å². The van der Waals surface area contributed by atoms with Crippen molar-refractivity contribution < 1.29 is 14.7 Å². The number of imide groups is 1. The van der Waals surface area contributed by atoms with E-state index in [-0.39, 0.29) is 24.3 Å². The van der Waals surface area contributed by atoms with Crippen LogP contribution in [0.25, 0.3) is 0 Å². The molecule has 1 aliphatic rings. The van der Waals surface area contributed by atoms with E-state index in [1.807, 2.05) is 6.92 Å². The second kappa shape index (κ2) is 5.36. The molecule has 0 bridgehead atoms. The van der Waals surface area contributed by atoms with Crippen molar-refractivity contribution in [1.29, 1.82) is 0 Å². The Kier molecular flexibility index (Phi) is 4.41. The van der Waals surface area contributed by atoms with Gasteiger partial charge in [0, 0.05) is 13.2 Å². The molecule has 0 spiro atoms. The zero-order chi connectivity index (χ0) is 10.6. The van der Waals surface area contributed by atoms with Crippen LogP contribution in [-0.2, 0) is 9.59 Å². The molecule has 1 rings (SSSR count). The van der Waals surface area contributed by atoms with E-state index in [0.29, 0.717) is 24.5 Å². The Morgan fingerprint density at radius 3 is 2.50 bits per heavy atom. The minimum Gasteiger partial charge on any atom is -0.396 e. The number of hydrogen-bond donors (Lipinski definition) is 1. The van der Waals surface area contributed by atoms with Gasteiger partial charge in [-0.05, 0) is 12.3 Å². The van der Waals surface area contributed by atoms with E-state index in [1.165, 1.54) is 16.7 Å². The van der Waals surface area contributed by atoms with Crippen LogP contribution < -0.4 is 0 Å². The van der Waals surface area contributed by atoms with Crippen LogP contribution in [0.15, 0.2) is 0 Å². The van der Waals surface area contributed by atoms with Crippen molar-refractivity contribution in [2.75, 3.05) is 24.7 Å². The van der Waals surface area contributed by atoms with Gasteiger partial charge < -0.3 is 5.11 Å². The quantitative estimate of drug-likeness (QED) is 0.679. The molecule has 0 saturated carbocycles. The number of rotatable bonds is 4. The smallest absolute Gasteiger partial charge is 0.239 e. The maximum atomic E-state index is 11.4. The summed E-state index contributed by atoms with van der Waals surface area (Å²) in [6.45, 7) is 2.48. The second-order valence-electron chi connectivity index (χ2n) is 3.51. The third-order valence-corrected chi connectivity index (χ3v) is 3.07. The number of aliphatic hydroxyl groups is 1. The van der Waals surface area contributed by atoms with E-state index >= 15 is 0 Å². The molecule has 1 atom stereocenters. The number of nitrogens with zero attached hydrogens (tertiary/aromatic N) is 1. The predicted octanol–water partition coefficient (Wildman–Crippen LogP) is 0.107. The molecular formula is C9H15NO3S. The maximum absolute atomic E-state index is 11.4. The fourth-order valence-corrected chi connectivity index (χ4v) is 2.11.